The van der Waals surface area contributed by atoms with Gasteiger partial charge in [-0.25, -0.2) is 0 Å². The molecule has 142 valence electrons. The fourth-order valence-electron chi connectivity index (χ4n) is 3.72. The Labute approximate surface area is 158 Å². The first-order valence-corrected chi connectivity index (χ1v) is 9.98. The predicted octanol–water partition coefficient (Wildman–Crippen LogP) is 4.55. The summed E-state index contributed by atoms with van der Waals surface area (Å²) in [5, 5.41) is 10.2. The molecule has 0 radical (unpaired) electrons. The highest BCUT2D eigenvalue weighted by Gasteiger charge is 2.24. The van der Waals surface area contributed by atoms with Crippen molar-refractivity contribution in [2.45, 2.75) is 63.9 Å². The maximum absolute atomic E-state index is 10.7. The van der Waals surface area contributed by atoms with E-state index in [9.17, 15) is 9.90 Å². The monoisotopic (exact) mass is 355 g/mol. The van der Waals surface area contributed by atoms with E-state index in [4.69, 9.17) is 5.73 Å². The lowest BCUT2D eigenvalue weighted by atomic mass is 9.91. The largest absolute Gasteiger partial charge is 0.389 e. The minimum absolute atomic E-state index is 0.217. The van der Waals surface area contributed by atoms with Crippen LogP contribution in [0.15, 0.2) is 54.6 Å². The number of unbranched alkanes of at least 4 members (excludes halogenated alkanes) is 1. The average Bonchev–Trinajstić information content (AvgIpc) is 3.09. The van der Waals surface area contributed by atoms with Crippen LogP contribution < -0.4 is 5.73 Å². The Bertz CT molecular complexity index is 579. The molecule has 0 spiro atoms. The first-order chi connectivity index (χ1) is 12.6. The number of benzene rings is 1. The zero-order valence-corrected chi connectivity index (χ0v) is 15.7. The van der Waals surface area contributed by atoms with Crippen LogP contribution in [0.4, 0.5) is 0 Å². The van der Waals surface area contributed by atoms with Crippen molar-refractivity contribution >= 4 is 5.91 Å². The van der Waals surface area contributed by atoms with E-state index in [1.54, 1.807) is 0 Å². The Morgan fingerprint density at radius 2 is 2.04 bits per heavy atom. The average molecular weight is 356 g/mol. The number of primary amides is 1. The van der Waals surface area contributed by atoms with Crippen molar-refractivity contribution < 1.29 is 9.90 Å². The van der Waals surface area contributed by atoms with Gasteiger partial charge in [-0.05, 0) is 62.3 Å². The molecule has 1 aromatic carbocycles. The molecule has 3 heteroatoms. The van der Waals surface area contributed by atoms with Crippen molar-refractivity contribution in [1.82, 2.24) is 0 Å². The molecular formula is C23H33NO2. The van der Waals surface area contributed by atoms with Crippen molar-refractivity contribution in [3.8, 4) is 0 Å². The summed E-state index contributed by atoms with van der Waals surface area (Å²) in [6.07, 6.45) is 17.1. The van der Waals surface area contributed by atoms with Crippen LogP contribution in [0.1, 0.15) is 56.9 Å². The van der Waals surface area contributed by atoms with E-state index in [0.717, 1.165) is 32.1 Å². The minimum atomic E-state index is -0.360. The van der Waals surface area contributed by atoms with Gasteiger partial charge in [-0.1, -0.05) is 61.1 Å². The van der Waals surface area contributed by atoms with E-state index in [1.165, 1.54) is 24.8 Å². The van der Waals surface area contributed by atoms with Crippen LogP contribution in [0.5, 0.6) is 0 Å². The van der Waals surface area contributed by atoms with E-state index in [-0.39, 0.29) is 12.0 Å². The zero-order valence-electron chi connectivity index (χ0n) is 15.7. The van der Waals surface area contributed by atoms with E-state index in [2.05, 4.69) is 30.4 Å². The van der Waals surface area contributed by atoms with Gasteiger partial charge in [-0.15, -0.1) is 0 Å². The van der Waals surface area contributed by atoms with E-state index < -0.39 is 0 Å². The van der Waals surface area contributed by atoms with Crippen LogP contribution in [0.2, 0.25) is 0 Å². The summed E-state index contributed by atoms with van der Waals surface area (Å²) in [5.74, 6) is 1.04. The Balaban J connectivity index is 1.68. The number of amides is 1. The number of aliphatic hydroxyl groups is 1. The summed E-state index contributed by atoms with van der Waals surface area (Å²) in [6, 6.07) is 10.3. The SMILES string of the molecule is NC(=O)CCC/C=C\C[C@H]1CCCC1/C=C/C(O)CCc1ccccc1. The van der Waals surface area contributed by atoms with Crippen LogP contribution in [0, 0.1) is 11.8 Å². The van der Waals surface area contributed by atoms with Crippen LogP contribution in [0.3, 0.4) is 0 Å². The highest BCUT2D eigenvalue weighted by Crippen LogP contribution is 2.35. The van der Waals surface area contributed by atoms with Crippen molar-refractivity contribution in [3.63, 3.8) is 0 Å². The molecule has 0 bridgehead atoms. The molecule has 2 rings (SSSR count). The van der Waals surface area contributed by atoms with Gasteiger partial charge < -0.3 is 10.8 Å². The van der Waals surface area contributed by atoms with Crippen molar-refractivity contribution in [1.29, 1.82) is 0 Å². The molecular weight excluding hydrogens is 322 g/mol. The Kier molecular flexibility index (Phi) is 9.19. The molecule has 1 saturated carbocycles. The molecule has 1 amide bonds. The van der Waals surface area contributed by atoms with E-state index in [1.807, 2.05) is 24.3 Å². The first-order valence-electron chi connectivity index (χ1n) is 9.98. The fraction of sp³-hybridized carbons (Fsp3) is 0.522. The number of hydrogen-bond acceptors (Lipinski definition) is 2. The molecule has 26 heavy (non-hydrogen) atoms. The van der Waals surface area contributed by atoms with Gasteiger partial charge in [0.25, 0.3) is 0 Å². The second kappa shape index (κ2) is 11.7. The third kappa shape index (κ3) is 8.01. The topological polar surface area (TPSA) is 63.3 Å². The van der Waals surface area contributed by atoms with Crippen LogP contribution in [-0.4, -0.2) is 17.1 Å². The minimum Gasteiger partial charge on any atom is -0.389 e. The molecule has 1 aliphatic carbocycles. The quantitative estimate of drug-likeness (QED) is 0.452. The second-order valence-corrected chi connectivity index (χ2v) is 7.40. The molecule has 0 saturated heterocycles. The molecule has 2 unspecified atom stereocenters. The maximum atomic E-state index is 10.7. The number of carbonyl (C=O) groups excluding carboxylic acids is 1. The van der Waals surface area contributed by atoms with Gasteiger partial charge in [0.1, 0.15) is 0 Å². The highest BCUT2D eigenvalue weighted by molar-refractivity contribution is 5.73. The van der Waals surface area contributed by atoms with E-state index in [0.29, 0.717) is 18.3 Å². The molecule has 0 aromatic heterocycles. The van der Waals surface area contributed by atoms with Gasteiger partial charge in [-0.3, -0.25) is 4.79 Å². The van der Waals surface area contributed by atoms with Crippen molar-refractivity contribution in [2.75, 3.05) is 0 Å². The standard InChI is InChI=1S/C23H33NO2/c24-23(26)14-7-2-1-6-11-20-12-8-13-21(20)16-18-22(25)17-15-19-9-4-3-5-10-19/h1,3-6,9-10,16,18,20-22,25H,2,7-8,11-15,17H2,(H2,24,26)/b6-1-,18-16+/t20-,21?,22?/m0/s1. The molecule has 0 aliphatic heterocycles. The number of hydrogen-bond donors (Lipinski definition) is 2. The summed E-state index contributed by atoms with van der Waals surface area (Å²) < 4.78 is 0. The molecule has 1 fully saturated rings. The van der Waals surface area contributed by atoms with Crippen LogP contribution in [0.25, 0.3) is 0 Å². The van der Waals surface area contributed by atoms with Crippen molar-refractivity contribution in [2.24, 2.45) is 17.6 Å². The summed E-state index contributed by atoms with van der Waals surface area (Å²) in [6.45, 7) is 0. The van der Waals surface area contributed by atoms with Gasteiger partial charge >= 0.3 is 0 Å². The lowest BCUT2D eigenvalue weighted by Gasteiger charge is -2.15. The third-order valence-electron chi connectivity index (χ3n) is 5.27. The molecule has 1 aliphatic rings. The number of nitrogens with two attached hydrogens (primary N) is 1. The summed E-state index contributed by atoms with van der Waals surface area (Å²) >= 11 is 0. The number of aryl methyl sites for hydroxylation is 1. The Hall–Kier alpha value is -1.87. The number of allylic oxidation sites excluding steroid dienone is 3. The Morgan fingerprint density at radius 3 is 2.81 bits per heavy atom. The van der Waals surface area contributed by atoms with Gasteiger partial charge in [0.05, 0.1) is 6.10 Å². The van der Waals surface area contributed by atoms with Gasteiger partial charge in [0.2, 0.25) is 5.91 Å². The lowest BCUT2D eigenvalue weighted by Crippen LogP contribution is -2.09. The zero-order chi connectivity index (χ0) is 18.6. The summed E-state index contributed by atoms with van der Waals surface area (Å²) in [4.78, 5) is 10.7. The smallest absolute Gasteiger partial charge is 0.217 e. The molecule has 3 atom stereocenters. The summed E-state index contributed by atoms with van der Waals surface area (Å²) in [5.41, 5.74) is 6.42. The molecule has 3 N–H and O–H groups in total. The third-order valence-corrected chi connectivity index (χ3v) is 5.27. The van der Waals surface area contributed by atoms with Crippen LogP contribution >= 0.6 is 0 Å². The maximum Gasteiger partial charge on any atom is 0.217 e. The van der Waals surface area contributed by atoms with Gasteiger partial charge in [-0.2, -0.15) is 0 Å². The molecule has 1 aromatic rings. The normalized spacial score (nSPS) is 21.6. The fourth-order valence-corrected chi connectivity index (χ4v) is 3.72. The number of aliphatic hydroxyl groups excluding tert-OH is 1. The predicted molar refractivity (Wildman–Crippen MR) is 108 cm³/mol. The molecule has 0 heterocycles. The number of carbonyl (C=O) groups is 1. The van der Waals surface area contributed by atoms with Gasteiger partial charge in [0, 0.05) is 6.42 Å². The van der Waals surface area contributed by atoms with Gasteiger partial charge in [0.15, 0.2) is 0 Å². The number of rotatable bonds is 11. The first kappa shape index (κ1) is 20.4. The Morgan fingerprint density at radius 1 is 1.23 bits per heavy atom. The second-order valence-electron chi connectivity index (χ2n) is 7.40. The van der Waals surface area contributed by atoms with E-state index >= 15 is 0 Å². The van der Waals surface area contributed by atoms with Crippen LogP contribution in [-0.2, 0) is 11.2 Å². The lowest BCUT2D eigenvalue weighted by molar-refractivity contribution is -0.118. The van der Waals surface area contributed by atoms with Crippen molar-refractivity contribution in [3.05, 3.63) is 60.2 Å². The highest BCUT2D eigenvalue weighted by atomic mass is 16.3. The summed E-state index contributed by atoms with van der Waals surface area (Å²) in [7, 11) is 0. The molecule has 3 nitrogen and oxygen atoms in total.